The largest absolute Gasteiger partial charge is 0.274 e. The molecule has 0 heterocycles. The van der Waals surface area contributed by atoms with E-state index in [1.807, 2.05) is 6.07 Å². The summed E-state index contributed by atoms with van der Waals surface area (Å²) in [5, 5.41) is 0. The van der Waals surface area contributed by atoms with Gasteiger partial charge in [-0.3, -0.25) is 0 Å². The highest BCUT2D eigenvalue weighted by Gasteiger charge is 2.07. The fourth-order valence-corrected chi connectivity index (χ4v) is 1.61. The van der Waals surface area contributed by atoms with Gasteiger partial charge in [-0.2, -0.15) is 8.78 Å². The number of rotatable bonds is 4. The summed E-state index contributed by atoms with van der Waals surface area (Å²) in [5.41, 5.74) is 0.819. The van der Waals surface area contributed by atoms with Crippen molar-refractivity contribution in [1.82, 2.24) is 0 Å². The van der Waals surface area contributed by atoms with Crippen LogP contribution in [0.4, 0.5) is 8.78 Å². The van der Waals surface area contributed by atoms with Crippen molar-refractivity contribution in [3.63, 3.8) is 0 Å². The number of benzene rings is 1. The molecule has 0 aromatic heterocycles. The van der Waals surface area contributed by atoms with Crippen LogP contribution in [0.15, 0.2) is 36.4 Å². The SMILES string of the molecule is FC(F)=C(CCCI)c1ccccc1. The van der Waals surface area contributed by atoms with Crippen LogP contribution >= 0.6 is 22.6 Å². The predicted octanol–water partition coefficient (Wildman–Crippen LogP) is 4.51. The van der Waals surface area contributed by atoms with Crippen LogP contribution in [0, 0.1) is 0 Å². The van der Waals surface area contributed by atoms with Gasteiger partial charge in [0, 0.05) is 5.57 Å². The molecule has 0 N–H and O–H groups in total. The first-order valence-electron chi connectivity index (χ1n) is 4.41. The van der Waals surface area contributed by atoms with Gasteiger partial charge in [-0.05, 0) is 22.8 Å². The normalized spacial score (nSPS) is 9.93. The number of alkyl halides is 1. The monoisotopic (exact) mass is 308 g/mol. The lowest BCUT2D eigenvalue weighted by Gasteiger charge is -2.04. The summed E-state index contributed by atoms with van der Waals surface area (Å²) in [7, 11) is 0. The zero-order valence-electron chi connectivity index (χ0n) is 7.64. The minimum Gasteiger partial charge on any atom is -0.173 e. The van der Waals surface area contributed by atoms with Gasteiger partial charge in [0.25, 0.3) is 6.08 Å². The highest BCUT2D eigenvalue weighted by atomic mass is 127. The first-order chi connectivity index (χ1) is 6.75. The van der Waals surface area contributed by atoms with E-state index < -0.39 is 6.08 Å². The van der Waals surface area contributed by atoms with Crippen molar-refractivity contribution >= 4 is 28.2 Å². The molecule has 0 spiro atoms. The van der Waals surface area contributed by atoms with E-state index in [1.165, 1.54) is 0 Å². The van der Waals surface area contributed by atoms with Crippen LogP contribution in [-0.2, 0) is 0 Å². The van der Waals surface area contributed by atoms with Crippen LogP contribution in [0.25, 0.3) is 5.57 Å². The van der Waals surface area contributed by atoms with Crippen molar-refractivity contribution in [3.05, 3.63) is 42.0 Å². The van der Waals surface area contributed by atoms with Gasteiger partial charge in [0.2, 0.25) is 0 Å². The molecular formula is C11H11F2I. The quantitative estimate of drug-likeness (QED) is 0.567. The lowest BCUT2D eigenvalue weighted by molar-refractivity contribution is 0.423. The van der Waals surface area contributed by atoms with Crippen LogP contribution in [-0.4, -0.2) is 4.43 Å². The summed E-state index contributed by atoms with van der Waals surface area (Å²) in [6.45, 7) is 0. The molecule has 0 atom stereocenters. The molecule has 3 heteroatoms. The van der Waals surface area contributed by atoms with E-state index in [-0.39, 0.29) is 5.57 Å². The molecule has 14 heavy (non-hydrogen) atoms. The van der Waals surface area contributed by atoms with Gasteiger partial charge in [0.05, 0.1) is 0 Å². The Kier molecular flexibility index (Phi) is 5.07. The first-order valence-corrected chi connectivity index (χ1v) is 5.94. The van der Waals surface area contributed by atoms with Crippen molar-refractivity contribution < 1.29 is 8.78 Å². The van der Waals surface area contributed by atoms with E-state index in [0.29, 0.717) is 12.0 Å². The van der Waals surface area contributed by atoms with E-state index in [9.17, 15) is 8.78 Å². The lowest BCUT2D eigenvalue weighted by atomic mass is 10.0. The molecule has 0 aliphatic rings. The van der Waals surface area contributed by atoms with Gasteiger partial charge >= 0.3 is 0 Å². The summed E-state index contributed by atoms with van der Waals surface area (Å²) in [4.78, 5) is 0. The number of halogens is 3. The standard InChI is InChI=1S/C11H11F2I/c12-11(13)10(7-4-8-14)9-5-2-1-3-6-9/h1-3,5-6H,4,7-8H2. The molecule has 1 aromatic rings. The third-order valence-corrected chi connectivity index (χ3v) is 2.67. The maximum absolute atomic E-state index is 12.6. The number of hydrogen-bond donors (Lipinski definition) is 0. The first kappa shape index (κ1) is 11.6. The molecule has 1 aromatic carbocycles. The summed E-state index contributed by atoms with van der Waals surface area (Å²) >= 11 is 2.20. The van der Waals surface area contributed by atoms with Crippen molar-refractivity contribution in [1.29, 1.82) is 0 Å². The topological polar surface area (TPSA) is 0 Å². The van der Waals surface area contributed by atoms with E-state index in [0.717, 1.165) is 10.8 Å². The third-order valence-electron chi connectivity index (χ3n) is 1.91. The van der Waals surface area contributed by atoms with Gasteiger partial charge in [0.1, 0.15) is 0 Å². The molecular weight excluding hydrogens is 297 g/mol. The Morgan fingerprint density at radius 2 is 1.79 bits per heavy atom. The molecule has 0 amide bonds. The highest BCUT2D eigenvalue weighted by molar-refractivity contribution is 14.1. The zero-order chi connectivity index (χ0) is 10.4. The fraction of sp³-hybridized carbons (Fsp3) is 0.273. The van der Waals surface area contributed by atoms with Crippen molar-refractivity contribution in [3.8, 4) is 0 Å². The van der Waals surface area contributed by atoms with Gasteiger partial charge < -0.3 is 0 Å². The Bertz CT molecular complexity index is 302. The Labute approximate surface area is 96.2 Å². The van der Waals surface area contributed by atoms with Crippen LogP contribution in [0.2, 0.25) is 0 Å². The molecule has 1 rings (SSSR count). The van der Waals surface area contributed by atoms with Crippen LogP contribution in [0.5, 0.6) is 0 Å². The van der Waals surface area contributed by atoms with Crippen LogP contribution < -0.4 is 0 Å². The second-order valence-electron chi connectivity index (χ2n) is 2.90. The maximum Gasteiger partial charge on any atom is 0.274 e. The Morgan fingerprint density at radius 3 is 2.29 bits per heavy atom. The Balaban J connectivity index is 2.86. The average Bonchev–Trinajstić information content (AvgIpc) is 2.19. The molecule has 0 nitrogen and oxygen atoms in total. The fourth-order valence-electron chi connectivity index (χ4n) is 1.23. The van der Waals surface area contributed by atoms with E-state index >= 15 is 0 Å². The van der Waals surface area contributed by atoms with E-state index in [1.54, 1.807) is 24.3 Å². The molecule has 0 aliphatic carbocycles. The molecule has 76 valence electrons. The predicted molar refractivity (Wildman–Crippen MR) is 63.7 cm³/mol. The van der Waals surface area contributed by atoms with Crippen molar-refractivity contribution in [2.24, 2.45) is 0 Å². The number of hydrogen-bond acceptors (Lipinski definition) is 0. The van der Waals surface area contributed by atoms with Crippen LogP contribution in [0.1, 0.15) is 18.4 Å². The Hall–Kier alpha value is -0.450. The van der Waals surface area contributed by atoms with Crippen LogP contribution in [0.3, 0.4) is 0 Å². The molecule has 0 saturated carbocycles. The molecule has 0 saturated heterocycles. The lowest BCUT2D eigenvalue weighted by Crippen LogP contribution is -1.87. The summed E-state index contributed by atoms with van der Waals surface area (Å²) in [5.74, 6) is 0. The van der Waals surface area contributed by atoms with E-state index in [4.69, 9.17) is 0 Å². The molecule has 0 bridgehead atoms. The second-order valence-corrected chi connectivity index (χ2v) is 3.98. The third kappa shape index (κ3) is 3.36. The smallest absolute Gasteiger partial charge is 0.173 e. The second kappa shape index (κ2) is 6.11. The molecule has 0 unspecified atom stereocenters. The zero-order valence-corrected chi connectivity index (χ0v) is 9.80. The van der Waals surface area contributed by atoms with Gasteiger partial charge in [0.15, 0.2) is 0 Å². The minimum absolute atomic E-state index is 0.183. The summed E-state index contributed by atoms with van der Waals surface area (Å²) < 4.78 is 26.1. The minimum atomic E-state index is -1.55. The van der Waals surface area contributed by atoms with Crippen molar-refractivity contribution in [2.75, 3.05) is 4.43 Å². The summed E-state index contributed by atoms with van der Waals surface area (Å²) in [6, 6.07) is 8.84. The van der Waals surface area contributed by atoms with Gasteiger partial charge in [-0.15, -0.1) is 0 Å². The molecule has 0 radical (unpaired) electrons. The highest BCUT2D eigenvalue weighted by Crippen LogP contribution is 2.25. The molecule has 0 fully saturated rings. The van der Waals surface area contributed by atoms with E-state index in [2.05, 4.69) is 22.6 Å². The van der Waals surface area contributed by atoms with Crippen molar-refractivity contribution in [2.45, 2.75) is 12.8 Å². The van der Waals surface area contributed by atoms with Gasteiger partial charge in [-0.1, -0.05) is 52.9 Å². The van der Waals surface area contributed by atoms with Gasteiger partial charge in [-0.25, -0.2) is 0 Å². The number of allylic oxidation sites excluding steroid dienone is 1. The Morgan fingerprint density at radius 1 is 1.14 bits per heavy atom. The molecule has 0 aliphatic heterocycles. The maximum atomic E-state index is 12.6. The average molecular weight is 308 g/mol. The summed E-state index contributed by atoms with van der Waals surface area (Å²) in [6.07, 6.45) is -0.307.